The van der Waals surface area contributed by atoms with Crippen LogP contribution in [0, 0.1) is 22.7 Å². The molecule has 3 heteroatoms. The first-order valence-electron chi connectivity index (χ1n) is 4.68. The average molecular weight is 179 g/mol. The zero-order valence-corrected chi connectivity index (χ0v) is 7.96. The number of cyclic esters (lactones) is 1. The number of hydrogen-bond donors (Lipinski definition) is 0. The second-order valence-electron chi connectivity index (χ2n) is 4.52. The maximum atomic E-state index is 11.6. The molecule has 0 aromatic carbocycles. The topological polar surface area (TPSA) is 50.1 Å². The van der Waals surface area contributed by atoms with Gasteiger partial charge < -0.3 is 4.74 Å². The Balaban J connectivity index is 2.47. The number of nitriles is 1. The normalized spacial score (nSPS) is 41.0. The molecule has 3 nitrogen and oxygen atoms in total. The van der Waals surface area contributed by atoms with Gasteiger partial charge >= 0.3 is 5.97 Å². The van der Waals surface area contributed by atoms with Crippen molar-refractivity contribution in [3.05, 3.63) is 0 Å². The van der Waals surface area contributed by atoms with Crippen LogP contribution < -0.4 is 0 Å². The Kier molecular flexibility index (Phi) is 1.48. The summed E-state index contributed by atoms with van der Waals surface area (Å²) < 4.78 is 5.25. The predicted octanol–water partition coefficient (Wildman–Crippen LogP) is 1.63. The van der Waals surface area contributed by atoms with E-state index in [2.05, 4.69) is 6.07 Å². The van der Waals surface area contributed by atoms with Crippen LogP contribution in [0.4, 0.5) is 0 Å². The van der Waals surface area contributed by atoms with Crippen LogP contribution in [-0.4, -0.2) is 11.6 Å². The summed E-state index contributed by atoms with van der Waals surface area (Å²) in [5.74, 6) is -0.208. The number of rotatable bonds is 0. The fourth-order valence-corrected chi connectivity index (χ4v) is 2.77. The Morgan fingerprint density at radius 1 is 1.62 bits per heavy atom. The molecule has 2 rings (SSSR count). The molecule has 70 valence electrons. The van der Waals surface area contributed by atoms with Gasteiger partial charge in [0, 0.05) is 5.92 Å². The van der Waals surface area contributed by atoms with Gasteiger partial charge in [-0.1, -0.05) is 6.42 Å². The molecule has 0 radical (unpaired) electrons. The third-order valence-electron chi connectivity index (χ3n) is 3.42. The first kappa shape index (κ1) is 8.55. The van der Waals surface area contributed by atoms with Crippen molar-refractivity contribution < 1.29 is 9.53 Å². The Morgan fingerprint density at radius 3 is 2.85 bits per heavy atom. The number of carbonyl (C=O) groups is 1. The standard InChI is InChI=1S/C10H13NO2/c1-9(2)7-4-3-5-10(7,6-11)8(12)13-9/h7H,3-5H2,1-2H3. The van der Waals surface area contributed by atoms with Crippen LogP contribution in [0.1, 0.15) is 33.1 Å². The van der Waals surface area contributed by atoms with E-state index in [0.29, 0.717) is 6.42 Å². The summed E-state index contributed by atoms with van der Waals surface area (Å²) in [6, 6.07) is 2.17. The fraction of sp³-hybridized carbons (Fsp3) is 0.800. The smallest absolute Gasteiger partial charge is 0.327 e. The summed E-state index contributed by atoms with van der Waals surface area (Å²) in [7, 11) is 0. The third kappa shape index (κ3) is 0.861. The lowest BCUT2D eigenvalue weighted by Crippen LogP contribution is -2.32. The van der Waals surface area contributed by atoms with Crippen LogP contribution >= 0.6 is 0 Å². The van der Waals surface area contributed by atoms with Crippen molar-refractivity contribution in [1.29, 1.82) is 5.26 Å². The van der Waals surface area contributed by atoms with Gasteiger partial charge in [-0.15, -0.1) is 0 Å². The maximum absolute atomic E-state index is 11.6. The van der Waals surface area contributed by atoms with Crippen LogP contribution in [0.2, 0.25) is 0 Å². The van der Waals surface area contributed by atoms with E-state index in [1.54, 1.807) is 0 Å². The Morgan fingerprint density at radius 2 is 2.31 bits per heavy atom. The van der Waals surface area contributed by atoms with Gasteiger partial charge in [-0.05, 0) is 26.7 Å². The summed E-state index contributed by atoms with van der Waals surface area (Å²) in [6.07, 6.45) is 2.58. The van der Waals surface area contributed by atoms with E-state index < -0.39 is 11.0 Å². The van der Waals surface area contributed by atoms with Crippen LogP contribution in [0.15, 0.2) is 0 Å². The van der Waals surface area contributed by atoms with Gasteiger partial charge in [0.25, 0.3) is 0 Å². The summed E-state index contributed by atoms with van der Waals surface area (Å²) in [5.41, 5.74) is -1.26. The van der Waals surface area contributed by atoms with E-state index in [-0.39, 0.29) is 11.9 Å². The predicted molar refractivity (Wildman–Crippen MR) is 45.6 cm³/mol. The van der Waals surface area contributed by atoms with Crippen molar-refractivity contribution in [1.82, 2.24) is 0 Å². The molecule has 1 heterocycles. The van der Waals surface area contributed by atoms with Crippen LogP contribution in [-0.2, 0) is 9.53 Å². The molecule has 2 atom stereocenters. The molecular formula is C10H13NO2. The SMILES string of the molecule is CC1(C)OC(=O)C2(C#N)CCCC12. The van der Waals surface area contributed by atoms with Gasteiger partial charge in [-0.25, -0.2) is 0 Å². The van der Waals surface area contributed by atoms with E-state index in [0.717, 1.165) is 12.8 Å². The molecule has 0 N–H and O–H groups in total. The molecule has 0 aromatic heterocycles. The maximum Gasteiger partial charge on any atom is 0.327 e. The summed E-state index contributed by atoms with van der Waals surface area (Å²) in [4.78, 5) is 11.6. The molecule has 2 unspecified atom stereocenters. The minimum atomic E-state index is -0.816. The average Bonchev–Trinajstić information content (AvgIpc) is 2.53. The van der Waals surface area contributed by atoms with E-state index in [1.165, 1.54) is 0 Å². The molecule has 1 saturated carbocycles. The van der Waals surface area contributed by atoms with E-state index in [9.17, 15) is 4.79 Å². The Hall–Kier alpha value is -1.04. The highest BCUT2D eigenvalue weighted by Gasteiger charge is 2.63. The number of fused-ring (bicyclic) bond motifs is 1. The number of nitrogens with zero attached hydrogens (tertiary/aromatic N) is 1. The number of ether oxygens (including phenoxy) is 1. The summed E-state index contributed by atoms with van der Waals surface area (Å²) >= 11 is 0. The van der Waals surface area contributed by atoms with Gasteiger partial charge in [0.1, 0.15) is 5.60 Å². The lowest BCUT2D eigenvalue weighted by molar-refractivity contribution is -0.151. The summed E-state index contributed by atoms with van der Waals surface area (Å²) in [5, 5.41) is 9.08. The van der Waals surface area contributed by atoms with Gasteiger partial charge in [0.2, 0.25) is 0 Å². The Bertz CT molecular complexity index is 303. The fourth-order valence-electron chi connectivity index (χ4n) is 2.77. The van der Waals surface area contributed by atoms with Gasteiger partial charge in [0.05, 0.1) is 6.07 Å². The third-order valence-corrected chi connectivity index (χ3v) is 3.42. The molecule has 0 amide bonds. The Labute approximate surface area is 77.7 Å². The van der Waals surface area contributed by atoms with E-state index >= 15 is 0 Å². The zero-order valence-electron chi connectivity index (χ0n) is 7.96. The highest BCUT2D eigenvalue weighted by molar-refractivity contribution is 5.84. The second-order valence-corrected chi connectivity index (χ2v) is 4.52. The van der Waals surface area contributed by atoms with Crippen molar-refractivity contribution in [3.63, 3.8) is 0 Å². The second kappa shape index (κ2) is 2.25. The highest BCUT2D eigenvalue weighted by Crippen LogP contribution is 2.55. The van der Waals surface area contributed by atoms with Crippen LogP contribution in [0.3, 0.4) is 0 Å². The van der Waals surface area contributed by atoms with Crippen LogP contribution in [0.25, 0.3) is 0 Å². The van der Waals surface area contributed by atoms with Crippen molar-refractivity contribution in [2.75, 3.05) is 0 Å². The minimum Gasteiger partial charge on any atom is -0.458 e. The monoisotopic (exact) mass is 179 g/mol. The molecule has 2 fully saturated rings. The number of carbonyl (C=O) groups excluding carboxylic acids is 1. The first-order valence-corrected chi connectivity index (χ1v) is 4.68. The van der Waals surface area contributed by atoms with E-state index in [4.69, 9.17) is 10.00 Å². The lowest BCUT2D eigenvalue weighted by Gasteiger charge is -2.24. The number of esters is 1. The highest BCUT2D eigenvalue weighted by atomic mass is 16.6. The molecule has 0 aromatic rings. The van der Waals surface area contributed by atoms with Crippen LogP contribution in [0.5, 0.6) is 0 Å². The first-order chi connectivity index (χ1) is 6.03. The van der Waals surface area contributed by atoms with Gasteiger partial charge in [-0.2, -0.15) is 5.26 Å². The molecule has 0 spiro atoms. The molecular weight excluding hydrogens is 166 g/mol. The zero-order chi connectivity index (χ0) is 9.69. The van der Waals surface area contributed by atoms with Crippen molar-refractivity contribution >= 4 is 5.97 Å². The minimum absolute atomic E-state index is 0.0949. The molecule has 1 aliphatic carbocycles. The van der Waals surface area contributed by atoms with Crippen molar-refractivity contribution in [2.45, 2.75) is 38.7 Å². The molecule has 1 aliphatic heterocycles. The van der Waals surface area contributed by atoms with Gasteiger partial charge in [0.15, 0.2) is 5.41 Å². The van der Waals surface area contributed by atoms with Crippen molar-refractivity contribution in [3.8, 4) is 6.07 Å². The molecule has 0 bridgehead atoms. The number of hydrogen-bond acceptors (Lipinski definition) is 3. The molecule has 2 aliphatic rings. The summed E-state index contributed by atoms with van der Waals surface area (Å²) in [6.45, 7) is 3.81. The van der Waals surface area contributed by atoms with E-state index in [1.807, 2.05) is 13.8 Å². The molecule has 1 saturated heterocycles. The lowest BCUT2D eigenvalue weighted by atomic mass is 9.74. The quantitative estimate of drug-likeness (QED) is 0.531. The van der Waals surface area contributed by atoms with Crippen molar-refractivity contribution in [2.24, 2.45) is 11.3 Å². The molecule has 13 heavy (non-hydrogen) atoms. The largest absolute Gasteiger partial charge is 0.458 e. The van der Waals surface area contributed by atoms with Gasteiger partial charge in [-0.3, -0.25) is 4.79 Å².